The van der Waals surface area contributed by atoms with Crippen molar-refractivity contribution in [3.8, 4) is 5.75 Å². The van der Waals surface area contributed by atoms with Crippen molar-refractivity contribution >= 4 is 11.8 Å². The molecule has 134 valence electrons. The number of aliphatic hydroxyl groups is 1. The molecule has 0 radical (unpaired) electrons. The van der Waals surface area contributed by atoms with Gasteiger partial charge in [-0.3, -0.25) is 9.59 Å². The summed E-state index contributed by atoms with van der Waals surface area (Å²) >= 11 is 0. The molecule has 0 aromatic heterocycles. The van der Waals surface area contributed by atoms with Crippen LogP contribution in [-0.4, -0.2) is 28.1 Å². The molecule has 0 amide bonds. The van der Waals surface area contributed by atoms with Crippen molar-refractivity contribution < 1.29 is 24.5 Å². The number of carbonyl (C=O) groups is 2. The fourth-order valence-corrected chi connectivity index (χ4v) is 5.71. The maximum Gasteiger partial charge on any atom is 0.303 e. The summed E-state index contributed by atoms with van der Waals surface area (Å²) in [5, 5.41) is 21.6. The highest BCUT2D eigenvalue weighted by Gasteiger charge is 2.65. The van der Waals surface area contributed by atoms with E-state index in [0.29, 0.717) is 12.8 Å². The molecule has 0 spiro atoms. The van der Waals surface area contributed by atoms with Crippen LogP contribution in [0.5, 0.6) is 5.75 Å². The molecule has 5 heteroatoms. The zero-order valence-electron chi connectivity index (χ0n) is 14.6. The summed E-state index contributed by atoms with van der Waals surface area (Å²) in [6, 6.07) is 4.99. The number of hydrogen-bond acceptors (Lipinski definition) is 5. The van der Waals surface area contributed by atoms with Crippen LogP contribution < -0.4 is 0 Å². The van der Waals surface area contributed by atoms with Gasteiger partial charge in [-0.1, -0.05) is 13.0 Å². The number of ketones is 1. The normalized spacial score (nSPS) is 39.3. The minimum atomic E-state index is -1.30. The zero-order chi connectivity index (χ0) is 18.0. The third-order valence-electron chi connectivity index (χ3n) is 6.84. The van der Waals surface area contributed by atoms with Crippen LogP contribution in [-0.2, 0) is 26.3 Å². The average Bonchev–Trinajstić information content (AvgIpc) is 2.82. The Morgan fingerprint density at radius 1 is 1.24 bits per heavy atom. The van der Waals surface area contributed by atoms with Gasteiger partial charge in [-0.2, -0.15) is 0 Å². The lowest BCUT2D eigenvalue weighted by Crippen LogP contribution is -2.60. The number of ether oxygens (including phenoxy) is 1. The van der Waals surface area contributed by atoms with Crippen molar-refractivity contribution in [1.82, 2.24) is 0 Å². The number of aryl methyl sites for hydroxylation is 1. The van der Waals surface area contributed by atoms with Crippen LogP contribution in [0.2, 0.25) is 0 Å². The van der Waals surface area contributed by atoms with Gasteiger partial charge in [0.25, 0.3) is 0 Å². The molecule has 2 N–H and O–H groups in total. The summed E-state index contributed by atoms with van der Waals surface area (Å²) in [5.74, 6) is -0.0943. The van der Waals surface area contributed by atoms with E-state index >= 15 is 0 Å². The number of phenolic OH excluding ortho intramolecular Hbond substituents is 1. The fraction of sp³-hybridized carbons (Fsp3) is 0.600. The van der Waals surface area contributed by atoms with E-state index in [2.05, 4.69) is 0 Å². The quantitative estimate of drug-likeness (QED) is 0.765. The predicted molar refractivity (Wildman–Crippen MR) is 89.8 cm³/mol. The molecule has 0 heterocycles. The summed E-state index contributed by atoms with van der Waals surface area (Å²) in [7, 11) is 0. The van der Waals surface area contributed by atoms with Gasteiger partial charge in [0.05, 0.1) is 0 Å². The van der Waals surface area contributed by atoms with Crippen molar-refractivity contribution in [3.05, 3.63) is 29.3 Å². The van der Waals surface area contributed by atoms with E-state index in [4.69, 9.17) is 4.74 Å². The maximum atomic E-state index is 12.6. The summed E-state index contributed by atoms with van der Waals surface area (Å²) in [4.78, 5) is 24.3. The molecular weight excluding hydrogens is 320 g/mol. The van der Waals surface area contributed by atoms with Gasteiger partial charge in [-0.25, -0.2) is 0 Å². The number of aromatic hydroxyl groups is 1. The number of benzene rings is 1. The number of fused-ring (bicyclic) bond motifs is 5. The summed E-state index contributed by atoms with van der Waals surface area (Å²) in [6.07, 6.45) is 2.37. The molecule has 0 bridgehead atoms. The first-order valence-corrected chi connectivity index (χ1v) is 9.02. The number of Topliss-reactive ketones (excluding diaryl/α,β-unsaturated/α-hetero) is 1. The largest absolute Gasteiger partial charge is 0.508 e. The van der Waals surface area contributed by atoms with Crippen LogP contribution in [0.4, 0.5) is 0 Å². The SMILES string of the molecule is CC(=O)O[C@@H]1C[C@]2(C)C(=O)CC[C@@H]2[C@H]2CCc3cc(O)ccc3[C@@]21O. The number of carbonyl (C=O) groups excluding carboxylic acids is 2. The smallest absolute Gasteiger partial charge is 0.303 e. The van der Waals surface area contributed by atoms with Gasteiger partial charge in [0.15, 0.2) is 0 Å². The molecule has 0 unspecified atom stereocenters. The molecule has 5 atom stereocenters. The van der Waals surface area contributed by atoms with Gasteiger partial charge in [0, 0.05) is 25.2 Å². The van der Waals surface area contributed by atoms with E-state index in [-0.39, 0.29) is 23.4 Å². The van der Waals surface area contributed by atoms with Gasteiger partial charge in [-0.05, 0) is 54.4 Å². The second-order valence-corrected chi connectivity index (χ2v) is 8.10. The van der Waals surface area contributed by atoms with E-state index < -0.39 is 23.1 Å². The van der Waals surface area contributed by atoms with Crippen LogP contribution in [0.15, 0.2) is 18.2 Å². The van der Waals surface area contributed by atoms with Crippen molar-refractivity contribution in [3.63, 3.8) is 0 Å². The van der Waals surface area contributed by atoms with Crippen LogP contribution in [0.3, 0.4) is 0 Å². The Morgan fingerprint density at radius 3 is 2.68 bits per heavy atom. The second kappa shape index (κ2) is 5.31. The van der Waals surface area contributed by atoms with Crippen molar-refractivity contribution in [2.24, 2.45) is 17.3 Å². The molecule has 5 nitrogen and oxygen atoms in total. The Kier molecular flexibility index (Phi) is 3.52. The van der Waals surface area contributed by atoms with E-state index in [1.807, 2.05) is 6.92 Å². The molecular formula is C20H24O5. The van der Waals surface area contributed by atoms with E-state index in [1.54, 1.807) is 18.2 Å². The zero-order valence-corrected chi connectivity index (χ0v) is 14.6. The second-order valence-electron chi connectivity index (χ2n) is 8.10. The first kappa shape index (κ1) is 16.6. The summed E-state index contributed by atoms with van der Waals surface area (Å²) in [6.45, 7) is 3.30. The average molecular weight is 344 g/mol. The third kappa shape index (κ3) is 2.18. The van der Waals surface area contributed by atoms with Crippen LogP contribution in [0.25, 0.3) is 0 Å². The monoisotopic (exact) mass is 344 g/mol. The molecule has 3 aliphatic rings. The lowest BCUT2D eigenvalue weighted by molar-refractivity contribution is -0.214. The Morgan fingerprint density at radius 2 is 1.96 bits per heavy atom. The van der Waals surface area contributed by atoms with Gasteiger partial charge < -0.3 is 14.9 Å². The van der Waals surface area contributed by atoms with Gasteiger partial charge in [0.2, 0.25) is 0 Å². The van der Waals surface area contributed by atoms with Crippen molar-refractivity contribution in [2.45, 2.75) is 57.7 Å². The first-order chi connectivity index (χ1) is 11.8. The van der Waals surface area contributed by atoms with Crippen LogP contribution in [0.1, 0.15) is 50.7 Å². The molecule has 1 aromatic carbocycles. The molecule has 1 aromatic rings. The van der Waals surface area contributed by atoms with Gasteiger partial charge in [0.1, 0.15) is 23.2 Å². The van der Waals surface area contributed by atoms with E-state index in [9.17, 15) is 19.8 Å². The molecule has 3 aliphatic carbocycles. The fourth-order valence-electron chi connectivity index (χ4n) is 5.71. The Bertz CT molecular complexity index is 756. The number of esters is 1. The number of hydrogen-bond donors (Lipinski definition) is 2. The molecule has 4 rings (SSSR count). The number of rotatable bonds is 1. The lowest BCUT2D eigenvalue weighted by atomic mass is 9.52. The van der Waals surface area contributed by atoms with Gasteiger partial charge >= 0.3 is 5.97 Å². The molecule has 2 fully saturated rings. The van der Waals surface area contributed by atoms with E-state index in [1.165, 1.54) is 6.92 Å². The van der Waals surface area contributed by atoms with Crippen LogP contribution >= 0.6 is 0 Å². The third-order valence-corrected chi connectivity index (χ3v) is 6.84. The highest BCUT2D eigenvalue weighted by Crippen LogP contribution is 2.61. The Labute approximate surface area is 147 Å². The summed E-state index contributed by atoms with van der Waals surface area (Å²) < 4.78 is 5.57. The standard InChI is InChI=1S/C20H24O5/c1-11(21)25-18-10-19(2)15(7-8-17(19)23)16-5-3-12-9-13(22)4-6-14(12)20(16,18)24/h4,6,9,15-16,18,22,24H,3,5,7-8,10H2,1-2H3/t15-,16-,18-,19+,20-/m1/s1. The van der Waals surface area contributed by atoms with Crippen molar-refractivity contribution in [2.75, 3.05) is 0 Å². The predicted octanol–water partition coefficient (Wildman–Crippen LogP) is 2.46. The Balaban J connectivity index is 1.87. The molecule has 25 heavy (non-hydrogen) atoms. The highest BCUT2D eigenvalue weighted by molar-refractivity contribution is 5.87. The topological polar surface area (TPSA) is 83.8 Å². The minimum absolute atomic E-state index is 0.0961. The van der Waals surface area contributed by atoms with Gasteiger partial charge in [-0.15, -0.1) is 0 Å². The molecule has 0 saturated heterocycles. The number of phenols is 1. The Hall–Kier alpha value is -1.88. The minimum Gasteiger partial charge on any atom is -0.508 e. The van der Waals surface area contributed by atoms with Crippen molar-refractivity contribution in [1.29, 1.82) is 0 Å². The lowest BCUT2D eigenvalue weighted by Gasteiger charge is -2.56. The first-order valence-electron chi connectivity index (χ1n) is 9.02. The molecule has 2 saturated carbocycles. The summed E-state index contributed by atoms with van der Waals surface area (Å²) in [5.41, 5.74) is -0.217. The maximum absolute atomic E-state index is 12.6. The van der Waals surface area contributed by atoms with Crippen LogP contribution in [0, 0.1) is 17.3 Å². The molecule has 0 aliphatic heterocycles. The highest BCUT2D eigenvalue weighted by atomic mass is 16.6. The van der Waals surface area contributed by atoms with E-state index in [0.717, 1.165) is 30.4 Å².